The normalized spacial score (nSPS) is 13.7. The maximum Gasteiger partial charge on any atom is 0.495 e. The number of hydrazine groups is 1. The number of fused-ring (bicyclic) bond motifs is 1. The quantitative estimate of drug-likeness (QED) is 0.251. The Morgan fingerprint density at radius 3 is 2.78 bits per heavy atom. The first-order valence-electron chi connectivity index (χ1n) is 6.93. The van der Waals surface area contributed by atoms with Crippen molar-refractivity contribution in [3.05, 3.63) is 53.6 Å². The van der Waals surface area contributed by atoms with Crippen molar-refractivity contribution in [2.75, 3.05) is 0 Å². The number of ether oxygens (including phenoxy) is 1. The lowest BCUT2D eigenvalue weighted by Crippen LogP contribution is -2.30. The SMILES string of the molecule is C=N/N=C(\NN)c1ccc(Oc2cccc3c2B(O)OC3)cc1. The van der Waals surface area contributed by atoms with Crippen LogP contribution in [0.4, 0.5) is 0 Å². The average molecular weight is 310 g/mol. The van der Waals surface area contributed by atoms with Crippen LogP contribution < -0.4 is 21.5 Å². The fraction of sp³-hybridized carbons (Fsp3) is 0.0667. The Morgan fingerprint density at radius 2 is 2.09 bits per heavy atom. The summed E-state index contributed by atoms with van der Waals surface area (Å²) in [6.07, 6.45) is 0. The molecule has 23 heavy (non-hydrogen) atoms. The highest BCUT2D eigenvalue weighted by Crippen LogP contribution is 2.24. The van der Waals surface area contributed by atoms with E-state index in [2.05, 4.69) is 22.3 Å². The second-order valence-corrected chi connectivity index (χ2v) is 4.85. The zero-order valence-electron chi connectivity index (χ0n) is 12.3. The van der Waals surface area contributed by atoms with Crippen LogP contribution in [-0.2, 0) is 11.3 Å². The predicted molar refractivity (Wildman–Crippen MR) is 88.8 cm³/mol. The smallest absolute Gasteiger partial charge is 0.458 e. The molecule has 4 N–H and O–H groups in total. The first kappa shape index (κ1) is 15.2. The van der Waals surface area contributed by atoms with E-state index in [0.717, 1.165) is 11.1 Å². The zero-order chi connectivity index (χ0) is 16.2. The molecule has 7 nitrogen and oxygen atoms in total. The van der Waals surface area contributed by atoms with E-state index in [1.807, 2.05) is 12.1 Å². The lowest BCUT2D eigenvalue weighted by atomic mass is 9.79. The molecule has 1 aliphatic heterocycles. The van der Waals surface area contributed by atoms with Gasteiger partial charge in [-0.2, -0.15) is 5.10 Å². The summed E-state index contributed by atoms with van der Waals surface area (Å²) in [5.41, 5.74) is 4.79. The van der Waals surface area contributed by atoms with E-state index in [-0.39, 0.29) is 0 Å². The molecule has 1 aliphatic rings. The van der Waals surface area contributed by atoms with Crippen LogP contribution in [-0.4, -0.2) is 24.7 Å². The van der Waals surface area contributed by atoms with Gasteiger partial charge in [-0.05, 0) is 35.9 Å². The van der Waals surface area contributed by atoms with Crippen LogP contribution >= 0.6 is 0 Å². The number of rotatable bonds is 4. The lowest BCUT2D eigenvalue weighted by molar-refractivity contribution is 0.275. The summed E-state index contributed by atoms with van der Waals surface area (Å²) in [6.45, 7) is 3.67. The minimum Gasteiger partial charge on any atom is -0.458 e. The molecule has 0 bridgehead atoms. The molecule has 0 amide bonds. The van der Waals surface area contributed by atoms with Crippen LogP contribution in [0.3, 0.4) is 0 Å². The molecule has 116 valence electrons. The molecule has 0 unspecified atom stereocenters. The first-order valence-corrected chi connectivity index (χ1v) is 6.93. The van der Waals surface area contributed by atoms with E-state index in [1.54, 1.807) is 30.3 Å². The van der Waals surface area contributed by atoms with E-state index >= 15 is 0 Å². The molecule has 0 aliphatic carbocycles. The summed E-state index contributed by atoms with van der Waals surface area (Å²) in [5.74, 6) is 6.97. The van der Waals surface area contributed by atoms with Gasteiger partial charge in [0.15, 0.2) is 5.84 Å². The molecule has 1 heterocycles. The highest BCUT2D eigenvalue weighted by Gasteiger charge is 2.31. The number of nitrogens with one attached hydrogen (secondary N) is 1. The summed E-state index contributed by atoms with van der Waals surface area (Å²) in [6, 6.07) is 12.7. The maximum atomic E-state index is 9.89. The van der Waals surface area contributed by atoms with Crippen molar-refractivity contribution < 1.29 is 14.4 Å². The minimum atomic E-state index is -0.959. The van der Waals surface area contributed by atoms with Crippen molar-refractivity contribution in [2.45, 2.75) is 6.61 Å². The summed E-state index contributed by atoms with van der Waals surface area (Å²) < 4.78 is 11.1. The Bertz CT molecular complexity index is 749. The van der Waals surface area contributed by atoms with Gasteiger partial charge in [0.2, 0.25) is 0 Å². The Kier molecular flexibility index (Phi) is 4.38. The van der Waals surface area contributed by atoms with Gasteiger partial charge in [-0.25, -0.2) is 5.84 Å². The van der Waals surface area contributed by atoms with Crippen molar-refractivity contribution in [1.82, 2.24) is 5.43 Å². The van der Waals surface area contributed by atoms with Gasteiger partial charge in [-0.1, -0.05) is 12.1 Å². The van der Waals surface area contributed by atoms with Gasteiger partial charge in [0.05, 0.1) is 6.61 Å². The van der Waals surface area contributed by atoms with Gasteiger partial charge in [-0.15, -0.1) is 5.10 Å². The second-order valence-electron chi connectivity index (χ2n) is 4.85. The topological polar surface area (TPSA) is 101 Å². The molecule has 2 aromatic rings. The van der Waals surface area contributed by atoms with Crippen molar-refractivity contribution >= 4 is 25.1 Å². The molecule has 0 aromatic heterocycles. The first-order chi connectivity index (χ1) is 11.2. The molecule has 8 heteroatoms. The van der Waals surface area contributed by atoms with Gasteiger partial charge >= 0.3 is 7.12 Å². The van der Waals surface area contributed by atoms with E-state index < -0.39 is 7.12 Å². The van der Waals surface area contributed by atoms with Gasteiger partial charge in [0, 0.05) is 17.7 Å². The van der Waals surface area contributed by atoms with Crippen molar-refractivity contribution in [2.24, 2.45) is 16.0 Å². The highest BCUT2D eigenvalue weighted by atomic mass is 16.5. The standard InChI is InChI=1S/C15H15BN4O3/c1-18-20-15(19-17)10-5-7-12(8-6-10)23-13-4-2-3-11-9-22-16(21)14(11)13/h2-8,21H,1,9,17H2,(H,19,20). The molecule has 2 aromatic carbocycles. The third kappa shape index (κ3) is 3.09. The van der Waals surface area contributed by atoms with E-state index in [9.17, 15) is 5.02 Å². The van der Waals surface area contributed by atoms with Gasteiger partial charge < -0.3 is 19.8 Å². The van der Waals surface area contributed by atoms with E-state index in [4.69, 9.17) is 15.2 Å². The number of nitrogens with two attached hydrogens (primary N) is 1. The van der Waals surface area contributed by atoms with Crippen LogP contribution in [0.2, 0.25) is 0 Å². The molecule has 0 spiro atoms. The lowest BCUT2D eigenvalue weighted by Gasteiger charge is -2.11. The minimum absolute atomic E-state index is 0.378. The van der Waals surface area contributed by atoms with Gasteiger partial charge in [0.25, 0.3) is 0 Å². The number of hydrogen-bond donors (Lipinski definition) is 3. The monoisotopic (exact) mass is 310 g/mol. The van der Waals surface area contributed by atoms with E-state index in [0.29, 0.717) is 29.4 Å². The molecule has 0 saturated heterocycles. The van der Waals surface area contributed by atoms with Gasteiger partial charge in [0.1, 0.15) is 11.5 Å². The number of amidine groups is 1. The predicted octanol–water partition coefficient (Wildman–Crippen LogP) is 0.522. The Balaban J connectivity index is 1.84. The molecule has 3 rings (SSSR count). The van der Waals surface area contributed by atoms with E-state index in [1.165, 1.54) is 0 Å². The average Bonchev–Trinajstić information content (AvgIpc) is 2.96. The summed E-state index contributed by atoms with van der Waals surface area (Å²) >= 11 is 0. The van der Waals surface area contributed by atoms with Crippen LogP contribution in [0.1, 0.15) is 11.1 Å². The number of nitrogens with zero attached hydrogens (tertiary/aromatic N) is 2. The maximum absolute atomic E-state index is 9.89. The largest absolute Gasteiger partial charge is 0.495 e. The molecule has 0 saturated carbocycles. The van der Waals surface area contributed by atoms with Crippen LogP contribution in [0.15, 0.2) is 52.7 Å². The summed E-state index contributed by atoms with van der Waals surface area (Å²) in [7, 11) is -0.959. The van der Waals surface area contributed by atoms with Crippen molar-refractivity contribution in [1.29, 1.82) is 0 Å². The molecule has 0 fully saturated rings. The van der Waals surface area contributed by atoms with Gasteiger partial charge in [-0.3, -0.25) is 0 Å². The second kappa shape index (κ2) is 6.61. The Hall–Kier alpha value is -2.68. The number of hydrogen-bond acceptors (Lipinski definition) is 6. The van der Waals surface area contributed by atoms with Crippen LogP contribution in [0.5, 0.6) is 11.5 Å². The van der Waals surface area contributed by atoms with Crippen LogP contribution in [0, 0.1) is 0 Å². The molecule has 0 radical (unpaired) electrons. The Morgan fingerprint density at radius 1 is 1.30 bits per heavy atom. The highest BCUT2D eigenvalue weighted by molar-refractivity contribution is 6.62. The molecular weight excluding hydrogens is 295 g/mol. The fourth-order valence-corrected chi connectivity index (χ4v) is 2.39. The zero-order valence-corrected chi connectivity index (χ0v) is 12.3. The molecular formula is C15H15BN4O3. The Labute approximate surface area is 133 Å². The van der Waals surface area contributed by atoms with Crippen molar-refractivity contribution in [3.8, 4) is 11.5 Å². The summed E-state index contributed by atoms with van der Waals surface area (Å²) in [4.78, 5) is 0. The number of benzene rings is 2. The third-order valence-corrected chi connectivity index (χ3v) is 3.46. The fourth-order valence-electron chi connectivity index (χ4n) is 2.39. The third-order valence-electron chi connectivity index (χ3n) is 3.46. The summed E-state index contributed by atoms with van der Waals surface area (Å²) in [5, 5.41) is 17.1. The molecule has 0 atom stereocenters. The van der Waals surface area contributed by atoms with Crippen LogP contribution in [0.25, 0.3) is 0 Å². The van der Waals surface area contributed by atoms with Crippen molar-refractivity contribution in [3.63, 3.8) is 0 Å².